The van der Waals surface area contributed by atoms with Crippen LogP contribution in [0.2, 0.25) is 15.1 Å². The first-order valence-electron chi connectivity index (χ1n) is 6.50. The fourth-order valence-corrected chi connectivity index (χ4v) is 2.31. The van der Waals surface area contributed by atoms with E-state index in [1.54, 1.807) is 0 Å². The molecule has 1 unspecified atom stereocenters. The number of aromatic nitrogens is 1. The molecule has 2 rings (SSSR count). The number of benzene rings is 1. The number of carbonyl (C=O) groups is 1. The molecule has 0 spiro atoms. The number of pyridine rings is 1. The fourth-order valence-electron chi connectivity index (χ4n) is 1.67. The second-order valence-electron chi connectivity index (χ2n) is 4.61. The lowest BCUT2D eigenvalue weighted by Crippen LogP contribution is -2.30. The van der Waals surface area contributed by atoms with Crippen molar-refractivity contribution in [1.29, 1.82) is 0 Å². The Morgan fingerprint density at radius 1 is 1.29 bits per heavy atom. The van der Waals surface area contributed by atoms with Crippen LogP contribution < -0.4 is 10.1 Å². The number of hydrogen-bond acceptors (Lipinski definition) is 5. The zero-order valence-electron chi connectivity index (χ0n) is 12.1. The van der Waals surface area contributed by atoms with Gasteiger partial charge in [0, 0.05) is 18.3 Å². The van der Waals surface area contributed by atoms with Crippen molar-refractivity contribution in [2.24, 2.45) is 0 Å². The molecule has 0 fully saturated rings. The van der Waals surface area contributed by atoms with Gasteiger partial charge in [-0.15, -0.1) is 0 Å². The van der Waals surface area contributed by atoms with Crippen LogP contribution in [0.5, 0.6) is 5.75 Å². The quantitative estimate of drug-likeness (QED) is 0.605. The van der Waals surface area contributed by atoms with Gasteiger partial charge >= 0.3 is 0 Å². The molecule has 0 saturated carbocycles. The molecule has 1 atom stereocenters. The van der Waals surface area contributed by atoms with Crippen molar-refractivity contribution in [1.82, 2.24) is 4.98 Å². The van der Waals surface area contributed by atoms with Gasteiger partial charge in [0.15, 0.2) is 11.9 Å². The highest BCUT2D eigenvalue weighted by molar-refractivity contribution is 6.36. The summed E-state index contributed by atoms with van der Waals surface area (Å²) in [5, 5.41) is 13.7. The zero-order valence-corrected chi connectivity index (χ0v) is 14.4. The lowest BCUT2D eigenvalue weighted by atomic mass is 10.3. The molecule has 1 amide bonds. The largest absolute Gasteiger partial charge is 0.479 e. The highest BCUT2D eigenvalue weighted by Crippen LogP contribution is 2.29. The number of nitrogens with one attached hydrogen (secondary N) is 1. The number of rotatable bonds is 5. The molecule has 24 heavy (non-hydrogen) atoms. The summed E-state index contributed by atoms with van der Waals surface area (Å²) in [6.07, 6.45) is 0.388. The van der Waals surface area contributed by atoms with E-state index in [9.17, 15) is 14.9 Å². The third-order valence-electron chi connectivity index (χ3n) is 2.85. The van der Waals surface area contributed by atoms with Crippen molar-refractivity contribution in [3.8, 4) is 5.75 Å². The number of non-ortho nitro benzene ring substituents is 1. The Labute approximate surface area is 151 Å². The van der Waals surface area contributed by atoms with Crippen LogP contribution in [0, 0.1) is 10.1 Å². The molecule has 1 aromatic heterocycles. The Hall–Kier alpha value is -2.09. The zero-order chi connectivity index (χ0) is 17.9. The SMILES string of the molecule is CC(Oc1ccc([N+](=O)[O-])cc1Cl)C(=O)Nc1ncc(Cl)cc1Cl. The molecule has 10 heteroatoms. The number of nitro benzene ring substituents is 1. The van der Waals surface area contributed by atoms with Crippen LogP contribution in [0.1, 0.15) is 6.92 Å². The summed E-state index contributed by atoms with van der Waals surface area (Å²) in [4.78, 5) is 26.1. The molecule has 0 saturated heterocycles. The first kappa shape index (κ1) is 18.3. The van der Waals surface area contributed by atoms with Crippen LogP contribution >= 0.6 is 34.8 Å². The van der Waals surface area contributed by atoms with E-state index in [2.05, 4.69) is 10.3 Å². The third kappa shape index (κ3) is 4.47. The average Bonchev–Trinajstić information content (AvgIpc) is 2.51. The molecule has 0 aliphatic carbocycles. The summed E-state index contributed by atoms with van der Waals surface area (Å²) in [5.74, 6) is -0.252. The highest BCUT2D eigenvalue weighted by atomic mass is 35.5. The smallest absolute Gasteiger partial charge is 0.271 e. The predicted molar refractivity (Wildman–Crippen MR) is 91.1 cm³/mol. The Balaban J connectivity index is 2.07. The number of nitro groups is 1. The first-order valence-corrected chi connectivity index (χ1v) is 7.64. The van der Waals surface area contributed by atoms with Gasteiger partial charge in [0.25, 0.3) is 11.6 Å². The summed E-state index contributed by atoms with van der Waals surface area (Å²) < 4.78 is 5.41. The maximum atomic E-state index is 12.1. The van der Waals surface area contributed by atoms with E-state index in [-0.39, 0.29) is 27.3 Å². The molecule has 0 aliphatic rings. The van der Waals surface area contributed by atoms with Crippen LogP contribution in [-0.4, -0.2) is 21.9 Å². The van der Waals surface area contributed by atoms with Gasteiger partial charge < -0.3 is 10.1 Å². The predicted octanol–water partition coefficient (Wildman–Crippen LogP) is 4.36. The summed E-state index contributed by atoms with van der Waals surface area (Å²) in [7, 11) is 0. The topological polar surface area (TPSA) is 94.4 Å². The average molecular weight is 391 g/mol. The Morgan fingerprint density at radius 2 is 2.00 bits per heavy atom. The van der Waals surface area contributed by atoms with Gasteiger partial charge in [-0.05, 0) is 19.1 Å². The van der Waals surface area contributed by atoms with E-state index in [1.165, 1.54) is 31.3 Å². The number of amides is 1. The van der Waals surface area contributed by atoms with Crippen LogP contribution in [-0.2, 0) is 4.79 Å². The number of halogens is 3. The first-order chi connectivity index (χ1) is 11.3. The molecule has 0 radical (unpaired) electrons. The molecular formula is C14H10Cl3N3O4. The van der Waals surface area contributed by atoms with Gasteiger partial charge in [0.1, 0.15) is 5.75 Å². The van der Waals surface area contributed by atoms with E-state index >= 15 is 0 Å². The summed E-state index contributed by atoms with van der Waals surface area (Å²) in [5.41, 5.74) is -0.179. The van der Waals surface area contributed by atoms with Crippen molar-refractivity contribution in [3.63, 3.8) is 0 Å². The van der Waals surface area contributed by atoms with Crippen LogP contribution in [0.4, 0.5) is 11.5 Å². The Morgan fingerprint density at radius 3 is 2.58 bits per heavy atom. The molecule has 1 N–H and O–H groups in total. The van der Waals surface area contributed by atoms with E-state index in [0.29, 0.717) is 5.02 Å². The maximum Gasteiger partial charge on any atom is 0.271 e. The van der Waals surface area contributed by atoms with Gasteiger partial charge in [0.2, 0.25) is 0 Å². The van der Waals surface area contributed by atoms with Crippen molar-refractivity contribution < 1.29 is 14.5 Å². The molecule has 0 aliphatic heterocycles. The van der Waals surface area contributed by atoms with E-state index < -0.39 is 16.9 Å². The third-order valence-corrected chi connectivity index (χ3v) is 3.64. The molecule has 1 heterocycles. The van der Waals surface area contributed by atoms with Gasteiger partial charge in [-0.25, -0.2) is 4.98 Å². The van der Waals surface area contributed by atoms with E-state index in [4.69, 9.17) is 39.5 Å². The van der Waals surface area contributed by atoms with Crippen molar-refractivity contribution in [2.45, 2.75) is 13.0 Å². The van der Waals surface area contributed by atoms with Crippen molar-refractivity contribution >= 4 is 52.2 Å². The summed E-state index contributed by atoms with van der Waals surface area (Å²) >= 11 is 17.6. The monoisotopic (exact) mass is 389 g/mol. The van der Waals surface area contributed by atoms with Crippen molar-refractivity contribution in [3.05, 3.63) is 55.6 Å². The van der Waals surface area contributed by atoms with Gasteiger partial charge in [-0.2, -0.15) is 0 Å². The standard InChI is InChI=1S/C14H10Cl3N3O4/c1-7(14(21)19-13-11(17)4-8(15)6-18-13)24-12-3-2-9(20(22)23)5-10(12)16/h2-7H,1H3,(H,18,19,21). The Bertz CT molecular complexity index is 801. The minimum absolute atomic E-state index is 0.0199. The molecule has 2 aromatic rings. The lowest BCUT2D eigenvalue weighted by Gasteiger charge is -2.15. The van der Waals surface area contributed by atoms with Crippen LogP contribution in [0.3, 0.4) is 0 Å². The number of nitrogens with zero attached hydrogens (tertiary/aromatic N) is 2. The molecular weight excluding hydrogens is 381 g/mol. The second-order valence-corrected chi connectivity index (χ2v) is 5.86. The molecule has 126 valence electrons. The number of anilines is 1. The van der Waals surface area contributed by atoms with Gasteiger partial charge in [0.05, 0.1) is 20.0 Å². The molecule has 7 nitrogen and oxygen atoms in total. The normalized spacial score (nSPS) is 11.7. The Kier molecular flexibility index (Phi) is 5.82. The van der Waals surface area contributed by atoms with Crippen LogP contribution in [0.15, 0.2) is 30.5 Å². The minimum Gasteiger partial charge on any atom is -0.479 e. The van der Waals surface area contributed by atoms with E-state index in [0.717, 1.165) is 6.07 Å². The van der Waals surface area contributed by atoms with Crippen molar-refractivity contribution in [2.75, 3.05) is 5.32 Å². The number of ether oxygens (including phenoxy) is 1. The summed E-state index contributed by atoms with van der Waals surface area (Å²) in [6, 6.07) is 5.12. The minimum atomic E-state index is -0.947. The summed E-state index contributed by atoms with van der Waals surface area (Å²) in [6.45, 7) is 1.48. The van der Waals surface area contributed by atoms with Crippen LogP contribution in [0.25, 0.3) is 0 Å². The second kappa shape index (κ2) is 7.65. The maximum absolute atomic E-state index is 12.1. The lowest BCUT2D eigenvalue weighted by molar-refractivity contribution is -0.384. The molecule has 1 aromatic carbocycles. The van der Waals surface area contributed by atoms with Gasteiger partial charge in [-0.1, -0.05) is 34.8 Å². The fraction of sp³-hybridized carbons (Fsp3) is 0.143. The van der Waals surface area contributed by atoms with Gasteiger partial charge in [-0.3, -0.25) is 14.9 Å². The highest BCUT2D eigenvalue weighted by Gasteiger charge is 2.19. The number of carbonyl (C=O) groups excluding carboxylic acids is 1. The molecule has 0 bridgehead atoms. The number of hydrogen-bond donors (Lipinski definition) is 1. The van der Waals surface area contributed by atoms with E-state index in [1.807, 2.05) is 0 Å².